The fraction of sp³-hybridized carbons (Fsp3) is 0.353. The molecule has 1 heterocycles. The minimum absolute atomic E-state index is 0.0509. The summed E-state index contributed by atoms with van der Waals surface area (Å²) < 4.78 is 20.6. The minimum atomic E-state index is -0.752. The number of carbonyl (C=O) groups is 2. The molecule has 0 unspecified atom stereocenters. The van der Waals surface area contributed by atoms with Crippen LogP contribution in [0.15, 0.2) is 28.8 Å². The zero-order valence-corrected chi connectivity index (χ0v) is 14.3. The predicted molar refractivity (Wildman–Crippen MR) is 88.9 cm³/mol. The van der Waals surface area contributed by atoms with Crippen LogP contribution >= 0.6 is 0 Å². The third-order valence-corrected chi connectivity index (χ3v) is 2.99. The van der Waals surface area contributed by atoms with Crippen molar-refractivity contribution in [3.05, 3.63) is 35.7 Å². The van der Waals surface area contributed by atoms with E-state index in [9.17, 15) is 9.59 Å². The van der Waals surface area contributed by atoms with Crippen molar-refractivity contribution in [2.75, 3.05) is 25.1 Å². The van der Waals surface area contributed by atoms with E-state index in [1.807, 2.05) is 13.8 Å². The Bertz CT molecular complexity index is 740. The molecule has 1 aromatic heterocycles. The van der Waals surface area contributed by atoms with Crippen LogP contribution in [-0.4, -0.2) is 36.9 Å². The normalized spacial score (nSPS) is 10.2. The lowest BCUT2D eigenvalue weighted by molar-refractivity contribution is -0.119. The van der Waals surface area contributed by atoms with Crippen LogP contribution in [0.25, 0.3) is 0 Å². The predicted octanol–water partition coefficient (Wildman–Crippen LogP) is 2.58. The number of esters is 1. The van der Waals surface area contributed by atoms with Crippen molar-refractivity contribution in [3.8, 4) is 11.5 Å². The molecule has 0 aliphatic carbocycles. The molecular formula is C17H20N2O6. The van der Waals surface area contributed by atoms with Crippen molar-refractivity contribution in [1.29, 1.82) is 0 Å². The standard InChI is InChI=1S/C17H20N2O6/c1-4-22-13-7-6-12(9-14(13)23-5-2)18-16(20)10-24-17(21)15-8-11(3)19-25-15/h6-9H,4-5,10H2,1-3H3,(H,18,20). The molecule has 1 aromatic carbocycles. The molecule has 134 valence electrons. The average Bonchev–Trinajstić information content (AvgIpc) is 3.02. The smallest absolute Gasteiger partial charge is 0.377 e. The first kappa shape index (κ1) is 18.3. The SMILES string of the molecule is CCOc1ccc(NC(=O)COC(=O)c2cc(C)no2)cc1OCC. The number of rotatable bonds is 8. The van der Waals surface area contributed by atoms with Crippen molar-refractivity contribution in [1.82, 2.24) is 5.16 Å². The number of benzene rings is 1. The number of hydrogen-bond donors (Lipinski definition) is 1. The first-order valence-corrected chi connectivity index (χ1v) is 7.83. The second kappa shape index (κ2) is 8.72. The maximum absolute atomic E-state index is 11.9. The summed E-state index contributed by atoms with van der Waals surface area (Å²) in [4.78, 5) is 23.6. The van der Waals surface area contributed by atoms with Crippen LogP contribution in [0.2, 0.25) is 0 Å². The molecule has 0 saturated carbocycles. The highest BCUT2D eigenvalue weighted by Gasteiger charge is 2.15. The molecule has 0 spiro atoms. The number of aryl methyl sites for hydroxylation is 1. The van der Waals surface area contributed by atoms with E-state index < -0.39 is 18.5 Å². The van der Waals surface area contributed by atoms with E-state index in [1.165, 1.54) is 6.07 Å². The van der Waals surface area contributed by atoms with Gasteiger partial charge in [-0.1, -0.05) is 5.16 Å². The zero-order valence-electron chi connectivity index (χ0n) is 14.3. The molecule has 0 bridgehead atoms. The molecule has 1 N–H and O–H groups in total. The summed E-state index contributed by atoms with van der Waals surface area (Å²) in [6.07, 6.45) is 0. The molecule has 0 fully saturated rings. The van der Waals surface area contributed by atoms with Gasteiger partial charge in [-0.3, -0.25) is 4.79 Å². The molecule has 0 aliphatic rings. The highest BCUT2D eigenvalue weighted by molar-refractivity contribution is 5.94. The molecule has 2 aromatic rings. The maximum Gasteiger partial charge on any atom is 0.377 e. The zero-order chi connectivity index (χ0) is 18.2. The first-order chi connectivity index (χ1) is 12.0. The van der Waals surface area contributed by atoms with Crippen LogP contribution in [0.5, 0.6) is 11.5 Å². The molecule has 0 aliphatic heterocycles. The third-order valence-electron chi connectivity index (χ3n) is 2.99. The van der Waals surface area contributed by atoms with Crippen LogP contribution in [0, 0.1) is 6.92 Å². The van der Waals surface area contributed by atoms with Crippen LogP contribution in [-0.2, 0) is 9.53 Å². The molecular weight excluding hydrogens is 328 g/mol. The lowest BCUT2D eigenvalue weighted by Crippen LogP contribution is -2.20. The number of nitrogens with one attached hydrogen (secondary N) is 1. The summed E-state index contributed by atoms with van der Waals surface area (Å²) in [6, 6.07) is 6.45. The highest BCUT2D eigenvalue weighted by Crippen LogP contribution is 2.30. The number of hydrogen-bond acceptors (Lipinski definition) is 7. The van der Waals surface area contributed by atoms with Gasteiger partial charge in [-0.15, -0.1) is 0 Å². The van der Waals surface area contributed by atoms with Gasteiger partial charge in [-0.2, -0.15) is 0 Å². The number of anilines is 1. The van der Waals surface area contributed by atoms with Crippen LogP contribution in [0.1, 0.15) is 30.1 Å². The fourth-order valence-corrected chi connectivity index (χ4v) is 1.99. The summed E-state index contributed by atoms with van der Waals surface area (Å²) in [7, 11) is 0. The minimum Gasteiger partial charge on any atom is -0.490 e. The lowest BCUT2D eigenvalue weighted by Gasteiger charge is -2.13. The van der Waals surface area contributed by atoms with E-state index in [2.05, 4.69) is 10.5 Å². The van der Waals surface area contributed by atoms with Crippen LogP contribution in [0.3, 0.4) is 0 Å². The van der Waals surface area contributed by atoms with Gasteiger partial charge >= 0.3 is 5.97 Å². The van der Waals surface area contributed by atoms with E-state index in [-0.39, 0.29) is 5.76 Å². The van der Waals surface area contributed by atoms with Crippen molar-refractivity contribution in [2.24, 2.45) is 0 Å². The molecule has 2 rings (SSSR count). The van der Waals surface area contributed by atoms with E-state index in [1.54, 1.807) is 25.1 Å². The van der Waals surface area contributed by atoms with Gasteiger partial charge in [-0.05, 0) is 32.9 Å². The number of aromatic nitrogens is 1. The first-order valence-electron chi connectivity index (χ1n) is 7.83. The Balaban J connectivity index is 1.93. The Morgan fingerprint density at radius 2 is 1.84 bits per heavy atom. The van der Waals surface area contributed by atoms with Crippen molar-refractivity contribution in [3.63, 3.8) is 0 Å². The number of carbonyl (C=O) groups excluding carboxylic acids is 2. The summed E-state index contributed by atoms with van der Waals surface area (Å²) in [6.45, 7) is 5.92. The van der Waals surface area contributed by atoms with Crippen molar-refractivity contribution >= 4 is 17.6 Å². The van der Waals surface area contributed by atoms with E-state index in [0.29, 0.717) is 36.1 Å². The molecule has 0 saturated heterocycles. The quantitative estimate of drug-likeness (QED) is 0.732. The Kier molecular flexibility index (Phi) is 6.39. The Labute approximate surface area is 145 Å². The summed E-state index contributed by atoms with van der Waals surface area (Å²) >= 11 is 0. The molecule has 8 heteroatoms. The van der Waals surface area contributed by atoms with Crippen molar-refractivity contribution in [2.45, 2.75) is 20.8 Å². The second-order valence-electron chi connectivity index (χ2n) is 4.98. The lowest BCUT2D eigenvalue weighted by atomic mass is 10.2. The monoisotopic (exact) mass is 348 g/mol. The maximum atomic E-state index is 11.9. The highest BCUT2D eigenvalue weighted by atomic mass is 16.6. The van der Waals surface area contributed by atoms with Gasteiger partial charge in [0.05, 0.1) is 18.9 Å². The van der Waals surface area contributed by atoms with E-state index >= 15 is 0 Å². The summed E-state index contributed by atoms with van der Waals surface area (Å²) in [5, 5.41) is 6.21. The second-order valence-corrected chi connectivity index (χ2v) is 4.98. The molecule has 25 heavy (non-hydrogen) atoms. The van der Waals surface area contributed by atoms with Gasteiger partial charge in [0.2, 0.25) is 5.76 Å². The summed E-state index contributed by atoms with van der Waals surface area (Å²) in [5.74, 6) is -0.176. The molecule has 0 radical (unpaired) electrons. The average molecular weight is 348 g/mol. The topological polar surface area (TPSA) is 99.9 Å². The number of nitrogens with zero attached hydrogens (tertiary/aromatic N) is 1. The van der Waals surface area contributed by atoms with Crippen molar-refractivity contribution < 1.29 is 28.3 Å². The fourth-order valence-electron chi connectivity index (χ4n) is 1.99. The van der Waals surface area contributed by atoms with Gasteiger partial charge in [0, 0.05) is 17.8 Å². The van der Waals surface area contributed by atoms with Gasteiger partial charge in [0.1, 0.15) is 0 Å². The van der Waals surface area contributed by atoms with Gasteiger partial charge in [-0.25, -0.2) is 4.79 Å². The Morgan fingerprint density at radius 1 is 1.12 bits per heavy atom. The van der Waals surface area contributed by atoms with E-state index in [0.717, 1.165) is 0 Å². The Morgan fingerprint density at radius 3 is 2.48 bits per heavy atom. The van der Waals surface area contributed by atoms with E-state index in [4.69, 9.17) is 18.7 Å². The molecule has 1 amide bonds. The molecule has 8 nitrogen and oxygen atoms in total. The third kappa shape index (κ3) is 5.23. The Hall–Kier alpha value is -3.03. The van der Waals surface area contributed by atoms with Gasteiger partial charge in [0.15, 0.2) is 18.1 Å². The van der Waals surface area contributed by atoms with Gasteiger partial charge < -0.3 is 24.1 Å². The number of ether oxygens (including phenoxy) is 3. The van der Waals surface area contributed by atoms with Gasteiger partial charge in [0.25, 0.3) is 5.91 Å². The van der Waals surface area contributed by atoms with Crippen LogP contribution < -0.4 is 14.8 Å². The summed E-state index contributed by atoms with van der Waals surface area (Å²) in [5.41, 5.74) is 1.05. The number of amides is 1. The largest absolute Gasteiger partial charge is 0.490 e. The van der Waals surface area contributed by atoms with Crippen LogP contribution in [0.4, 0.5) is 5.69 Å². The molecule has 0 atom stereocenters.